The maximum atomic E-state index is 9.55. The van der Waals surface area contributed by atoms with Crippen LogP contribution in [-0.2, 0) is 16.1 Å². The number of phenolic OH excluding ortho intramolecular Hbond substituents is 1. The molecule has 0 aliphatic carbocycles. The zero-order valence-electron chi connectivity index (χ0n) is 14.8. The third-order valence-electron chi connectivity index (χ3n) is 3.97. The van der Waals surface area contributed by atoms with E-state index in [1.807, 2.05) is 24.5 Å². The summed E-state index contributed by atoms with van der Waals surface area (Å²) in [6.45, 7) is 3.38. The second-order valence-corrected chi connectivity index (χ2v) is 6.12. The summed E-state index contributed by atoms with van der Waals surface area (Å²) in [5.41, 5.74) is 3.46. The summed E-state index contributed by atoms with van der Waals surface area (Å²) < 4.78 is 0. The number of aliphatic carboxylic acids is 2. The van der Waals surface area contributed by atoms with Crippen molar-refractivity contribution in [3.05, 3.63) is 60.4 Å². The van der Waals surface area contributed by atoms with Gasteiger partial charge in [-0.05, 0) is 55.3 Å². The number of pyridine rings is 1. The van der Waals surface area contributed by atoms with Crippen LogP contribution in [0.5, 0.6) is 5.75 Å². The van der Waals surface area contributed by atoms with Gasteiger partial charge in [-0.2, -0.15) is 0 Å². The minimum Gasteiger partial charge on any atom is -0.508 e. The maximum absolute atomic E-state index is 9.55. The molecule has 142 valence electrons. The van der Waals surface area contributed by atoms with Crippen molar-refractivity contribution < 1.29 is 24.9 Å². The highest BCUT2D eigenvalue weighted by molar-refractivity contribution is 5.89. The first-order valence-corrected chi connectivity index (χ1v) is 8.53. The second kappa shape index (κ2) is 10.1. The Balaban J connectivity index is 0.000000279. The molecule has 0 spiro atoms. The first kappa shape index (κ1) is 20.1. The predicted octanol–water partition coefficient (Wildman–Crippen LogP) is 2.76. The Morgan fingerprint density at radius 1 is 0.963 bits per heavy atom. The first-order chi connectivity index (χ1) is 12.9. The van der Waals surface area contributed by atoms with Crippen LogP contribution >= 0.6 is 0 Å². The molecule has 2 aromatic rings. The molecule has 0 radical (unpaired) electrons. The standard InChI is InChI=1S/C16H18N2O.C4H4O4/c19-16-5-3-14(4-6-16)15-9-13(10-17-11-15)12-18-7-1-2-8-18;5-3(6)1-2-4(7)8/h3-6,9-11,19H,1-2,7-8,12H2;1-2H,(H,5,6)(H,7,8). The summed E-state index contributed by atoms with van der Waals surface area (Å²) in [7, 11) is 0. The predicted molar refractivity (Wildman–Crippen MR) is 100 cm³/mol. The van der Waals surface area contributed by atoms with E-state index >= 15 is 0 Å². The number of hydrogen-bond acceptors (Lipinski definition) is 5. The van der Waals surface area contributed by atoms with Gasteiger partial charge in [0.25, 0.3) is 0 Å². The molecule has 1 aliphatic rings. The van der Waals surface area contributed by atoms with E-state index < -0.39 is 11.9 Å². The molecule has 0 atom stereocenters. The smallest absolute Gasteiger partial charge is 0.328 e. The highest BCUT2D eigenvalue weighted by Crippen LogP contribution is 2.22. The van der Waals surface area contributed by atoms with E-state index in [4.69, 9.17) is 10.2 Å². The van der Waals surface area contributed by atoms with E-state index in [0.717, 1.165) is 17.7 Å². The number of carboxylic acid groups (broad SMARTS) is 2. The number of benzene rings is 1. The fraction of sp³-hybridized carbons (Fsp3) is 0.250. The largest absolute Gasteiger partial charge is 0.508 e. The summed E-state index contributed by atoms with van der Waals surface area (Å²) in [5, 5.41) is 25.0. The summed E-state index contributed by atoms with van der Waals surface area (Å²) >= 11 is 0. The van der Waals surface area contributed by atoms with Gasteiger partial charge in [0.2, 0.25) is 0 Å². The quantitative estimate of drug-likeness (QED) is 0.694. The van der Waals surface area contributed by atoms with Crippen molar-refractivity contribution in [3.63, 3.8) is 0 Å². The van der Waals surface area contributed by atoms with E-state index in [-0.39, 0.29) is 0 Å². The molecule has 1 aliphatic heterocycles. The van der Waals surface area contributed by atoms with Crippen LogP contribution in [0.15, 0.2) is 54.9 Å². The van der Waals surface area contributed by atoms with E-state index in [9.17, 15) is 14.7 Å². The monoisotopic (exact) mass is 370 g/mol. The third-order valence-corrected chi connectivity index (χ3v) is 3.97. The first-order valence-electron chi connectivity index (χ1n) is 8.53. The van der Waals surface area contributed by atoms with E-state index in [0.29, 0.717) is 17.9 Å². The highest BCUT2D eigenvalue weighted by Gasteiger charge is 2.12. The van der Waals surface area contributed by atoms with Gasteiger partial charge in [0.1, 0.15) is 5.75 Å². The Kier molecular flexibility index (Phi) is 7.51. The molecule has 0 bridgehead atoms. The molecule has 3 N–H and O–H groups in total. The SMILES string of the molecule is O=C(O)C=CC(=O)O.Oc1ccc(-c2cncc(CN3CCCC3)c2)cc1. The normalized spacial score (nSPS) is 13.9. The molecule has 27 heavy (non-hydrogen) atoms. The van der Waals surface area contributed by atoms with Gasteiger partial charge in [0.15, 0.2) is 0 Å². The van der Waals surface area contributed by atoms with Crippen LogP contribution in [0, 0.1) is 0 Å². The molecule has 7 heteroatoms. The van der Waals surface area contributed by atoms with Crippen molar-refractivity contribution in [2.75, 3.05) is 13.1 Å². The van der Waals surface area contributed by atoms with Gasteiger partial charge in [-0.15, -0.1) is 0 Å². The molecule has 7 nitrogen and oxygen atoms in total. The second-order valence-electron chi connectivity index (χ2n) is 6.12. The average Bonchev–Trinajstić information content (AvgIpc) is 3.14. The molecule has 1 aromatic carbocycles. The topological polar surface area (TPSA) is 111 Å². The van der Waals surface area contributed by atoms with Crippen molar-refractivity contribution in [2.45, 2.75) is 19.4 Å². The number of phenols is 1. The molecule has 0 unspecified atom stereocenters. The summed E-state index contributed by atoms with van der Waals surface area (Å²) in [6, 6.07) is 9.46. The zero-order valence-corrected chi connectivity index (χ0v) is 14.8. The third kappa shape index (κ3) is 7.29. The lowest BCUT2D eigenvalue weighted by Crippen LogP contribution is -2.18. The Morgan fingerprint density at radius 3 is 2.11 bits per heavy atom. The Labute approximate surface area is 157 Å². The minimum absolute atomic E-state index is 0.296. The fourth-order valence-electron chi connectivity index (χ4n) is 2.73. The van der Waals surface area contributed by atoms with E-state index in [2.05, 4.69) is 16.0 Å². The van der Waals surface area contributed by atoms with Crippen molar-refractivity contribution in [3.8, 4) is 16.9 Å². The lowest BCUT2D eigenvalue weighted by atomic mass is 10.1. The molecule has 2 heterocycles. The molecule has 1 saturated heterocycles. The number of carbonyl (C=O) groups is 2. The summed E-state index contributed by atoms with van der Waals surface area (Å²) in [6.07, 6.45) is 7.56. The Hall–Kier alpha value is -3.19. The molecule has 1 fully saturated rings. The molecular weight excluding hydrogens is 348 g/mol. The van der Waals surface area contributed by atoms with Gasteiger partial charge in [-0.3, -0.25) is 9.88 Å². The fourth-order valence-corrected chi connectivity index (χ4v) is 2.73. The minimum atomic E-state index is -1.26. The average molecular weight is 370 g/mol. The number of aromatic nitrogens is 1. The van der Waals surface area contributed by atoms with Crippen molar-refractivity contribution in [2.24, 2.45) is 0 Å². The number of aromatic hydroxyl groups is 1. The maximum Gasteiger partial charge on any atom is 0.328 e. The number of carboxylic acids is 2. The van der Waals surface area contributed by atoms with Crippen LogP contribution < -0.4 is 0 Å². The van der Waals surface area contributed by atoms with E-state index in [1.165, 1.54) is 31.5 Å². The number of likely N-dealkylation sites (tertiary alicyclic amines) is 1. The lowest BCUT2D eigenvalue weighted by Gasteiger charge is -2.14. The molecule has 0 amide bonds. The number of nitrogens with zero attached hydrogens (tertiary/aromatic N) is 2. The lowest BCUT2D eigenvalue weighted by molar-refractivity contribution is -0.134. The number of hydrogen-bond donors (Lipinski definition) is 3. The van der Waals surface area contributed by atoms with Crippen LogP contribution in [0.4, 0.5) is 0 Å². The van der Waals surface area contributed by atoms with E-state index in [1.54, 1.807) is 12.1 Å². The molecule has 1 aromatic heterocycles. The van der Waals surface area contributed by atoms with Crippen LogP contribution in [-0.4, -0.2) is 50.2 Å². The Morgan fingerprint density at radius 2 is 1.56 bits per heavy atom. The van der Waals surface area contributed by atoms with Gasteiger partial charge in [0, 0.05) is 36.7 Å². The van der Waals surface area contributed by atoms with Crippen LogP contribution in [0.2, 0.25) is 0 Å². The van der Waals surface area contributed by atoms with Crippen LogP contribution in [0.1, 0.15) is 18.4 Å². The van der Waals surface area contributed by atoms with Crippen molar-refractivity contribution in [1.29, 1.82) is 0 Å². The Bertz CT molecular complexity index is 780. The van der Waals surface area contributed by atoms with Gasteiger partial charge in [0.05, 0.1) is 0 Å². The summed E-state index contributed by atoms with van der Waals surface area (Å²) in [4.78, 5) is 25.9. The summed E-state index contributed by atoms with van der Waals surface area (Å²) in [5.74, 6) is -2.22. The highest BCUT2D eigenvalue weighted by atomic mass is 16.4. The molecule has 3 rings (SSSR count). The number of rotatable bonds is 5. The van der Waals surface area contributed by atoms with Crippen molar-refractivity contribution in [1.82, 2.24) is 9.88 Å². The van der Waals surface area contributed by atoms with Crippen LogP contribution in [0.3, 0.4) is 0 Å². The van der Waals surface area contributed by atoms with Gasteiger partial charge >= 0.3 is 11.9 Å². The van der Waals surface area contributed by atoms with Gasteiger partial charge in [-0.25, -0.2) is 9.59 Å². The molecular formula is C20H22N2O5. The van der Waals surface area contributed by atoms with Gasteiger partial charge < -0.3 is 15.3 Å². The van der Waals surface area contributed by atoms with Gasteiger partial charge in [-0.1, -0.05) is 12.1 Å². The van der Waals surface area contributed by atoms with Crippen LogP contribution in [0.25, 0.3) is 11.1 Å². The van der Waals surface area contributed by atoms with Crippen molar-refractivity contribution >= 4 is 11.9 Å². The molecule has 0 saturated carbocycles. The zero-order chi connectivity index (χ0) is 19.6.